The maximum Gasteiger partial charge on any atom is 0.147 e. The predicted molar refractivity (Wildman–Crippen MR) is 91.1 cm³/mol. The SMILES string of the molecule is c1ccc(C[C@@H](NCc2nnc3n2CCCCC3)C2CC2)cc1. The van der Waals surface area contributed by atoms with E-state index in [2.05, 4.69) is 50.4 Å². The van der Waals surface area contributed by atoms with Crippen LogP contribution >= 0.6 is 0 Å². The molecule has 1 aromatic carbocycles. The lowest BCUT2D eigenvalue weighted by molar-refractivity contribution is 0.442. The molecule has 1 saturated carbocycles. The highest BCUT2D eigenvalue weighted by molar-refractivity contribution is 5.16. The van der Waals surface area contributed by atoms with Crippen LogP contribution in [0.5, 0.6) is 0 Å². The van der Waals surface area contributed by atoms with Gasteiger partial charge in [0.15, 0.2) is 0 Å². The van der Waals surface area contributed by atoms with Crippen LogP contribution in [-0.2, 0) is 25.9 Å². The van der Waals surface area contributed by atoms with Crippen molar-refractivity contribution in [2.45, 2.75) is 64.1 Å². The van der Waals surface area contributed by atoms with E-state index in [0.717, 1.165) is 37.7 Å². The molecular formula is C19H26N4. The number of hydrogen-bond acceptors (Lipinski definition) is 3. The van der Waals surface area contributed by atoms with Crippen LogP contribution in [0.15, 0.2) is 30.3 Å². The van der Waals surface area contributed by atoms with E-state index in [9.17, 15) is 0 Å². The minimum absolute atomic E-state index is 0.566. The molecule has 0 saturated heterocycles. The molecule has 1 aromatic heterocycles. The topological polar surface area (TPSA) is 42.7 Å². The molecule has 2 aliphatic rings. The largest absolute Gasteiger partial charge is 0.314 e. The van der Waals surface area contributed by atoms with Crippen LogP contribution in [0.2, 0.25) is 0 Å². The average Bonchev–Trinajstić information content (AvgIpc) is 3.39. The number of aryl methyl sites for hydroxylation is 1. The first-order chi connectivity index (χ1) is 11.4. The zero-order chi connectivity index (χ0) is 15.5. The van der Waals surface area contributed by atoms with Crippen molar-refractivity contribution in [2.75, 3.05) is 0 Å². The summed E-state index contributed by atoms with van der Waals surface area (Å²) in [6.07, 6.45) is 8.76. The monoisotopic (exact) mass is 310 g/mol. The van der Waals surface area contributed by atoms with Crippen molar-refractivity contribution in [1.29, 1.82) is 0 Å². The van der Waals surface area contributed by atoms with Crippen molar-refractivity contribution in [3.8, 4) is 0 Å². The van der Waals surface area contributed by atoms with E-state index in [1.54, 1.807) is 0 Å². The van der Waals surface area contributed by atoms with Crippen molar-refractivity contribution >= 4 is 0 Å². The Bertz CT molecular complexity index is 630. The molecular weight excluding hydrogens is 284 g/mol. The molecule has 0 spiro atoms. The first kappa shape index (κ1) is 14.9. The second kappa shape index (κ2) is 6.83. The van der Waals surface area contributed by atoms with Crippen LogP contribution in [0.4, 0.5) is 0 Å². The molecule has 0 unspecified atom stereocenters. The summed E-state index contributed by atoms with van der Waals surface area (Å²) < 4.78 is 2.35. The van der Waals surface area contributed by atoms with Crippen molar-refractivity contribution in [3.63, 3.8) is 0 Å². The van der Waals surface area contributed by atoms with Gasteiger partial charge in [-0.3, -0.25) is 0 Å². The first-order valence-electron chi connectivity index (χ1n) is 9.08. The van der Waals surface area contributed by atoms with Gasteiger partial charge in [0.1, 0.15) is 11.6 Å². The van der Waals surface area contributed by atoms with Gasteiger partial charge in [-0.05, 0) is 43.6 Å². The van der Waals surface area contributed by atoms with E-state index < -0.39 is 0 Å². The van der Waals surface area contributed by atoms with Crippen LogP contribution in [-0.4, -0.2) is 20.8 Å². The fraction of sp³-hybridized carbons (Fsp3) is 0.579. The van der Waals surface area contributed by atoms with Gasteiger partial charge in [-0.15, -0.1) is 10.2 Å². The Morgan fingerprint density at radius 2 is 1.96 bits per heavy atom. The lowest BCUT2D eigenvalue weighted by atomic mass is 10.0. The van der Waals surface area contributed by atoms with Gasteiger partial charge in [0, 0.05) is 19.0 Å². The van der Waals surface area contributed by atoms with Gasteiger partial charge in [-0.25, -0.2) is 0 Å². The Labute approximate surface area is 138 Å². The highest BCUT2D eigenvalue weighted by atomic mass is 15.3. The van der Waals surface area contributed by atoms with E-state index in [1.165, 1.54) is 43.5 Å². The first-order valence-corrected chi connectivity index (χ1v) is 9.08. The zero-order valence-electron chi connectivity index (χ0n) is 13.7. The van der Waals surface area contributed by atoms with Crippen LogP contribution in [0.3, 0.4) is 0 Å². The molecule has 0 amide bonds. The number of aromatic nitrogens is 3. The van der Waals surface area contributed by atoms with Gasteiger partial charge in [0.05, 0.1) is 6.54 Å². The third-order valence-corrected chi connectivity index (χ3v) is 5.20. The zero-order valence-corrected chi connectivity index (χ0v) is 13.7. The number of nitrogens with zero attached hydrogens (tertiary/aromatic N) is 3. The lowest BCUT2D eigenvalue weighted by Crippen LogP contribution is -2.33. The highest BCUT2D eigenvalue weighted by Crippen LogP contribution is 2.34. The average molecular weight is 310 g/mol. The second-order valence-electron chi connectivity index (χ2n) is 7.01. The molecule has 122 valence electrons. The minimum atomic E-state index is 0.566. The van der Waals surface area contributed by atoms with E-state index >= 15 is 0 Å². The van der Waals surface area contributed by atoms with Crippen molar-refractivity contribution in [3.05, 3.63) is 47.5 Å². The van der Waals surface area contributed by atoms with Gasteiger partial charge in [0.25, 0.3) is 0 Å². The Kier molecular flexibility index (Phi) is 4.42. The molecule has 1 atom stereocenters. The Morgan fingerprint density at radius 3 is 2.78 bits per heavy atom. The normalized spacial score (nSPS) is 19.1. The van der Waals surface area contributed by atoms with Crippen LogP contribution in [0.1, 0.15) is 49.3 Å². The van der Waals surface area contributed by atoms with E-state index in [-0.39, 0.29) is 0 Å². The fourth-order valence-electron chi connectivity index (χ4n) is 3.67. The van der Waals surface area contributed by atoms with Crippen LogP contribution in [0.25, 0.3) is 0 Å². The molecule has 4 heteroatoms. The van der Waals surface area contributed by atoms with Gasteiger partial charge >= 0.3 is 0 Å². The molecule has 2 heterocycles. The van der Waals surface area contributed by atoms with Gasteiger partial charge < -0.3 is 9.88 Å². The molecule has 1 aliphatic heterocycles. The smallest absolute Gasteiger partial charge is 0.147 e. The number of hydrogen-bond donors (Lipinski definition) is 1. The van der Waals surface area contributed by atoms with Crippen molar-refractivity contribution in [1.82, 2.24) is 20.1 Å². The summed E-state index contributed by atoms with van der Waals surface area (Å²) in [7, 11) is 0. The standard InChI is InChI=1S/C19H26N4/c1-3-7-15(8-4-1)13-17(16-10-11-16)20-14-19-22-21-18-9-5-2-6-12-23(18)19/h1,3-4,7-8,16-17,20H,2,5-6,9-14H2/t17-/m1/s1. The summed E-state index contributed by atoms with van der Waals surface area (Å²) in [4.78, 5) is 0. The summed E-state index contributed by atoms with van der Waals surface area (Å²) in [5.74, 6) is 3.15. The number of fused-ring (bicyclic) bond motifs is 1. The molecule has 1 fully saturated rings. The van der Waals surface area contributed by atoms with Gasteiger partial charge in [0.2, 0.25) is 0 Å². The third-order valence-electron chi connectivity index (χ3n) is 5.20. The summed E-state index contributed by atoms with van der Waals surface area (Å²) in [5.41, 5.74) is 1.43. The van der Waals surface area contributed by atoms with Gasteiger partial charge in [-0.2, -0.15) is 0 Å². The fourth-order valence-corrected chi connectivity index (χ4v) is 3.67. The van der Waals surface area contributed by atoms with E-state index in [0.29, 0.717) is 6.04 Å². The van der Waals surface area contributed by atoms with Crippen LogP contribution in [0, 0.1) is 5.92 Å². The molecule has 0 radical (unpaired) electrons. The second-order valence-corrected chi connectivity index (χ2v) is 7.01. The summed E-state index contributed by atoms with van der Waals surface area (Å²) in [5, 5.41) is 12.6. The molecule has 1 aliphatic carbocycles. The van der Waals surface area contributed by atoms with Crippen LogP contribution < -0.4 is 5.32 Å². The molecule has 2 aromatic rings. The molecule has 23 heavy (non-hydrogen) atoms. The molecule has 1 N–H and O–H groups in total. The molecule has 4 nitrogen and oxygen atoms in total. The summed E-state index contributed by atoms with van der Waals surface area (Å²) in [6, 6.07) is 11.4. The maximum absolute atomic E-state index is 4.45. The quantitative estimate of drug-likeness (QED) is 0.891. The maximum atomic E-state index is 4.45. The summed E-state index contributed by atoms with van der Waals surface area (Å²) >= 11 is 0. The van der Waals surface area contributed by atoms with Crippen molar-refractivity contribution < 1.29 is 0 Å². The highest BCUT2D eigenvalue weighted by Gasteiger charge is 2.31. The Balaban J connectivity index is 1.41. The Hall–Kier alpha value is -1.68. The number of nitrogens with one attached hydrogen (secondary N) is 1. The molecule has 4 rings (SSSR count). The number of rotatable bonds is 6. The van der Waals surface area contributed by atoms with Crippen molar-refractivity contribution in [2.24, 2.45) is 5.92 Å². The third kappa shape index (κ3) is 3.63. The molecule has 0 bridgehead atoms. The lowest BCUT2D eigenvalue weighted by Gasteiger charge is -2.18. The van der Waals surface area contributed by atoms with E-state index in [4.69, 9.17) is 0 Å². The predicted octanol–water partition coefficient (Wildman–Crippen LogP) is 3.12. The Morgan fingerprint density at radius 1 is 1.09 bits per heavy atom. The van der Waals surface area contributed by atoms with Gasteiger partial charge in [-0.1, -0.05) is 36.8 Å². The van der Waals surface area contributed by atoms with E-state index in [1.807, 2.05) is 0 Å². The minimum Gasteiger partial charge on any atom is -0.314 e. The number of benzene rings is 1. The summed E-state index contributed by atoms with van der Waals surface area (Å²) in [6.45, 7) is 1.94.